The van der Waals surface area contributed by atoms with Crippen molar-refractivity contribution in [3.63, 3.8) is 0 Å². The van der Waals surface area contributed by atoms with E-state index in [2.05, 4.69) is 58.0 Å². The molecule has 0 aromatic heterocycles. The van der Waals surface area contributed by atoms with Crippen molar-refractivity contribution in [1.82, 2.24) is 0 Å². The molecular formula is C19H22O. The van der Waals surface area contributed by atoms with Gasteiger partial charge < -0.3 is 4.74 Å². The molecule has 2 aromatic rings. The Balaban J connectivity index is 2.08. The molecule has 2 aromatic carbocycles. The Hall–Kier alpha value is -1.76. The minimum atomic E-state index is 0.406. The maximum absolute atomic E-state index is 6.15. The second kappa shape index (κ2) is 4.97. The van der Waals surface area contributed by atoms with Crippen molar-refractivity contribution in [2.75, 3.05) is 0 Å². The van der Waals surface area contributed by atoms with Crippen LogP contribution in [0.5, 0.6) is 11.5 Å². The highest BCUT2D eigenvalue weighted by molar-refractivity contribution is 5.56. The van der Waals surface area contributed by atoms with Gasteiger partial charge in [0.25, 0.3) is 0 Å². The molecule has 0 saturated heterocycles. The first-order valence-electron chi connectivity index (χ1n) is 7.46. The fourth-order valence-corrected chi connectivity index (χ4v) is 3.27. The van der Waals surface area contributed by atoms with Crippen molar-refractivity contribution in [2.45, 2.75) is 40.0 Å². The fourth-order valence-electron chi connectivity index (χ4n) is 3.27. The first kappa shape index (κ1) is 13.2. The van der Waals surface area contributed by atoms with Gasteiger partial charge in [0.05, 0.1) is 0 Å². The van der Waals surface area contributed by atoms with E-state index >= 15 is 0 Å². The van der Waals surface area contributed by atoms with E-state index in [-0.39, 0.29) is 0 Å². The summed E-state index contributed by atoms with van der Waals surface area (Å²) in [6.45, 7) is 8.99. The van der Waals surface area contributed by atoms with Crippen molar-refractivity contribution < 1.29 is 4.74 Å². The van der Waals surface area contributed by atoms with E-state index in [1.807, 2.05) is 6.07 Å². The number of benzene rings is 2. The fraction of sp³-hybridized carbons (Fsp3) is 0.368. The van der Waals surface area contributed by atoms with Crippen LogP contribution in [-0.2, 0) is 6.42 Å². The van der Waals surface area contributed by atoms with Crippen LogP contribution in [0.1, 0.15) is 48.9 Å². The first-order chi connectivity index (χ1) is 9.56. The second-order valence-corrected chi connectivity index (χ2v) is 6.28. The zero-order chi connectivity index (χ0) is 14.3. The van der Waals surface area contributed by atoms with E-state index in [1.54, 1.807) is 0 Å². The van der Waals surface area contributed by atoms with Crippen LogP contribution in [0.15, 0.2) is 36.4 Å². The van der Waals surface area contributed by atoms with Gasteiger partial charge in [0, 0.05) is 17.0 Å². The Kier molecular flexibility index (Phi) is 3.29. The normalized spacial score (nSPS) is 16.6. The highest BCUT2D eigenvalue weighted by Gasteiger charge is 2.25. The number of ether oxygens (including phenoxy) is 1. The lowest BCUT2D eigenvalue weighted by atomic mass is 9.85. The van der Waals surface area contributed by atoms with E-state index in [9.17, 15) is 0 Å². The van der Waals surface area contributed by atoms with Gasteiger partial charge in [-0.25, -0.2) is 0 Å². The Morgan fingerprint density at radius 2 is 1.85 bits per heavy atom. The summed E-state index contributed by atoms with van der Waals surface area (Å²) in [7, 11) is 0. The second-order valence-electron chi connectivity index (χ2n) is 6.28. The summed E-state index contributed by atoms with van der Waals surface area (Å²) in [4.78, 5) is 0. The number of hydrogen-bond donors (Lipinski definition) is 0. The monoisotopic (exact) mass is 266 g/mol. The van der Waals surface area contributed by atoms with E-state index in [0.717, 1.165) is 17.9 Å². The van der Waals surface area contributed by atoms with E-state index in [1.165, 1.54) is 22.3 Å². The third-order valence-electron chi connectivity index (χ3n) is 4.09. The molecule has 0 fully saturated rings. The lowest BCUT2D eigenvalue weighted by Gasteiger charge is -2.28. The van der Waals surface area contributed by atoms with Gasteiger partial charge in [-0.1, -0.05) is 45.0 Å². The van der Waals surface area contributed by atoms with Crippen LogP contribution in [-0.4, -0.2) is 0 Å². The predicted octanol–water partition coefficient (Wildman–Crippen LogP) is 5.45. The maximum Gasteiger partial charge on any atom is 0.131 e. The van der Waals surface area contributed by atoms with E-state index in [0.29, 0.717) is 11.8 Å². The first-order valence-corrected chi connectivity index (χ1v) is 7.46. The van der Waals surface area contributed by atoms with Gasteiger partial charge >= 0.3 is 0 Å². The van der Waals surface area contributed by atoms with Crippen LogP contribution in [0.3, 0.4) is 0 Å². The lowest BCUT2D eigenvalue weighted by Crippen LogP contribution is -2.10. The van der Waals surface area contributed by atoms with Gasteiger partial charge in [-0.2, -0.15) is 0 Å². The number of fused-ring (bicyclic) bond motifs is 2. The number of para-hydroxylation sites is 1. The zero-order valence-corrected chi connectivity index (χ0v) is 12.7. The van der Waals surface area contributed by atoms with Crippen molar-refractivity contribution in [3.8, 4) is 11.5 Å². The molecule has 0 spiro atoms. The predicted molar refractivity (Wildman–Crippen MR) is 83.8 cm³/mol. The quantitative estimate of drug-likeness (QED) is 0.702. The highest BCUT2D eigenvalue weighted by atomic mass is 16.5. The Bertz CT molecular complexity index is 640. The van der Waals surface area contributed by atoms with Gasteiger partial charge in [0.1, 0.15) is 11.5 Å². The van der Waals surface area contributed by atoms with Crippen LogP contribution < -0.4 is 4.74 Å². The topological polar surface area (TPSA) is 9.23 Å². The number of hydrogen-bond acceptors (Lipinski definition) is 1. The maximum atomic E-state index is 6.15. The number of rotatable bonds is 2. The molecule has 0 amide bonds. The molecule has 1 nitrogen and oxygen atoms in total. The largest absolute Gasteiger partial charge is 0.457 e. The Labute approximate surface area is 121 Å². The molecule has 1 aliphatic rings. The standard InChI is InChI=1S/C19H22O/c1-12(2)9-15-10-13(3)19-14(4)16-7-5-6-8-17(16)20-18(19)11-15/h5-8,10-12,14H,9H2,1-4H3. The Morgan fingerprint density at radius 1 is 1.10 bits per heavy atom. The van der Waals surface area contributed by atoms with Crippen molar-refractivity contribution in [2.24, 2.45) is 5.92 Å². The molecule has 1 atom stereocenters. The summed E-state index contributed by atoms with van der Waals surface area (Å²) in [6.07, 6.45) is 1.10. The van der Waals surface area contributed by atoms with E-state index < -0.39 is 0 Å². The van der Waals surface area contributed by atoms with E-state index in [4.69, 9.17) is 4.74 Å². The average Bonchev–Trinajstić information content (AvgIpc) is 2.37. The summed E-state index contributed by atoms with van der Waals surface area (Å²) in [6, 6.07) is 12.9. The molecule has 0 radical (unpaired) electrons. The molecule has 20 heavy (non-hydrogen) atoms. The third kappa shape index (κ3) is 2.22. The number of aryl methyl sites for hydroxylation is 1. The van der Waals surface area contributed by atoms with Crippen molar-refractivity contribution in [1.29, 1.82) is 0 Å². The summed E-state index contributed by atoms with van der Waals surface area (Å²) < 4.78 is 6.15. The molecule has 1 unspecified atom stereocenters. The smallest absolute Gasteiger partial charge is 0.131 e. The molecule has 0 bridgehead atoms. The molecular weight excluding hydrogens is 244 g/mol. The molecule has 1 heterocycles. The molecule has 104 valence electrons. The summed E-state index contributed by atoms with van der Waals surface area (Å²) >= 11 is 0. The summed E-state index contributed by atoms with van der Waals surface area (Å²) in [5.41, 5.74) is 5.36. The minimum absolute atomic E-state index is 0.406. The Morgan fingerprint density at radius 3 is 2.60 bits per heavy atom. The SMILES string of the molecule is Cc1cc(CC(C)C)cc2c1C(C)c1ccccc1O2. The van der Waals surface area contributed by atoms with Gasteiger partial charge in [-0.05, 0) is 42.5 Å². The minimum Gasteiger partial charge on any atom is -0.457 e. The highest BCUT2D eigenvalue weighted by Crippen LogP contribution is 2.45. The van der Waals surface area contributed by atoms with Crippen LogP contribution in [0, 0.1) is 12.8 Å². The van der Waals surface area contributed by atoms with Crippen LogP contribution in [0.2, 0.25) is 0 Å². The van der Waals surface area contributed by atoms with Gasteiger partial charge in [0.2, 0.25) is 0 Å². The summed E-state index contributed by atoms with van der Waals surface area (Å²) in [5, 5.41) is 0. The van der Waals surface area contributed by atoms with Crippen LogP contribution in [0.25, 0.3) is 0 Å². The third-order valence-corrected chi connectivity index (χ3v) is 4.09. The lowest BCUT2D eigenvalue weighted by molar-refractivity contribution is 0.447. The molecule has 1 aliphatic heterocycles. The molecule has 3 rings (SSSR count). The zero-order valence-electron chi connectivity index (χ0n) is 12.7. The van der Waals surface area contributed by atoms with Crippen LogP contribution >= 0.6 is 0 Å². The molecule has 0 saturated carbocycles. The van der Waals surface area contributed by atoms with Gasteiger partial charge in [-0.15, -0.1) is 0 Å². The van der Waals surface area contributed by atoms with Crippen molar-refractivity contribution in [3.05, 3.63) is 58.7 Å². The van der Waals surface area contributed by atoms with Crippen LogP contribution in [0.4, 0.5) is 0 Å². The molecule has 1 heteroatoms. The van der Waals surface area contributed by atoms with Gasteiger partial charge in [0.15, 0.2) is 0 Å². The molecule has 0 aliphatic carbocycles. The molecule has 0 N–H and O–H groups in total. The van der Waals surface area contributed by atoms with Gasteiger partial charge in [-0.3, -0.25) is 0 Å². The average molecular weight is 266 g/mol. The van der Waals surface area contributed by atoms with Crippen molar-refractivity contribution >= 4 is 0 Å². The summed E-state index contributed by atoms with van der Waals surface area (Å²) in [5.74, 6) is 3.13.